The van der Waals surface area contributed by atoms with Gasteiger partial charge in [-0.2, -0.15) is 5.26 Å². The van der Waals surface area contributed by atoms with Crippen LogP contribution in [0.3, 0.4) is 0 Å². The quantitative estimate of drug-likeness (QED) is 0.594. The molecule has 0 aromatic heterocycles. The number of halogens is 2. The summed E-state index contributed by atoms with van der Waals surface area (Å²) in [5.41, 5.74) is -0.694. The molecule has 22 heavy (non-hydrogen) atoms. The van der Waals surface area contributed by atoms with E-state index in [1.165, 1.54) is 0 Å². The number of carbonyl (C=O) groups is 1. The van der Waals surface area contributed by atoms with E-state index in [1.54, 1.807) is 29.7 Å². The molecule has 2 heterocycles. The van der Waals surface area contributed by atoms with Gasteiger partial charge in [0.05, 0.1) is 6.54 Å². The van der Waals surface area contributed by atoms with E-state index in [4.69, 9.17) is 0 Å². The zero-order chi connectivity index (χ0) is 16.5. The molecule has 1 atom stereocenters. The lowest BCUT2D eigenvalue weighted by atomic mass is 9.99. The summed E-state index contributed by atoms with van der Waals surface area (Å²) in [7, 11) is 0. The lowest BCUT2D eigenvalue weighted by Crippen LogP contribution is -2.43. The van der Waals surface area contributed by atoms with Crippen LogP contribution in [0.1, 0.15) is 33.6 Å². The molecule has 0 aliphatic carbocycles. The maximum absolute atomic E-state index is 13.4. The molecular formula is C16H23F2N3O. The molecule has 1 amide bonds. The highest BCUT2D eigenvalue weighted by Crippen LogP contribution is 2.33. The molecule has 2 aliphatic rings. The minimum atomic E-state index is -2.69. The lowest BCUT2D eigenvalue weighted by Gasteiger charge is -2.33. The molecule has 4 nitrogen and oxygen atoms in total. The SMILES string of the molecule is C[C@H]1CCN(C(=O)C(C#N)=CC(C)(C)N2CCC(F)(F)C2)C1. The molecule has 2 fully saturated rings. The molecule has 0 aromatic carbocycles. The summed E-state index contributed by atoms with van der Waals surface area (Å²) in [4.78, 5) is 15.7. The van der Waals surface area contributed by atoms with E-state index in [-0.39, 0.29) is 31.0 Å². The molecular weight excluding hydrogens is 288 g/mol. The Labute approximate surface area is 130 Å². The Balaban J connectivity index is 2.14. The molecule has 0 spiro atoms. The Morgan fingerprint density at radius 3 is 2.55 bits per heavy atom. The predicted molar refractivity (Wildman–Crippen MR) is 79.3 cm³/mol. The highest BCUT2D eigenvalue weighted by Gasteiger charge is 2.43. The molecule has 2 aliphatic heterocycles. The van der Waals surface area contributed by atoms with E-state index in [9.17, 15) is 18.8 Å². The van der Waals surface area contributed by atoms with Gasteiger partial charge in [-0.15, -0.1) is 0 Å². The summed E-state index contributed by atoms with van der Waals surface area (Å²) in [5.74, 6) is -2.54. The molecule has 0 unspecified atom stereocenters. The van der Waals surface area contributed by atoms with Crippen LogP contribution in [-0.4, -0.2) is 53.3 Å². The van der Waals surface area contributed by atoms with Gasteiger partial charge >= 0.3 is 0 Å². The Bertz CT molecular complexity index is 522. The summed E-state index contributed by atoms with van der Waals surface area (Å²) in [5, 5.41) is 9.30. The summed E-state index contributed by atoms with van der Waals surface area (Å²) in [6, 6.07) is 1.95. The van der Waals surface area contributed by atoms with E-state index in [0.717, 1.165) is 6.42 Å². The van der Waals surface area contributed by atoms with Crippen molar-refractivity contribution in [3.8, 4) is 6.07 Å². The zero-order valence-corrected chi connectivity index (χ0v) is 13.4. The topological polar surface area (TPSA) is 47.3 Å². The number of hydrogen-bond donors (Lipinski definition) is 0. The first-order valence-corrected chi connectivity index (χ1v) is 7.70. The van der Waals surface area contributed by atoms with Crippen LogP contribution in [0.25, 0.3) is 0 Å². The first-order valence-electron chi connectivity index (χ1n) is 7.70. The minimum Gasteiger partial charge on any atom is -0.338 e. The van der Waals surface area contributed by atoms with E-state index >= 15 is 0 Å². The fourth-order valence-electron chi connectivity index (χ4n) is 3.10. The Hall–Kier alpha value is -1.48. The van der Waals surface area contributed by atoms with E-state index < -0.39 is 11.5 Å². The van der Waals surface area contributed by atoms with Gasteiger partial charge in [0.25, 0.3) is 11.8 Å². The van der Waals surface area contributed by atoms with Crippen LogP contribution in [0.5, 0.6) is 0 Å². The minimum absolute atomic E-state index is 0.0503. The van der Waals surface area contributed by atoms with E-state index in [0.29, 0.717) is 19.0 Å². The Morgan fingerprint density at radius 2 is 2.09 bits per heavy atom. The van der Waals surface area contributed by atoms with Crippen LogP contribution >= 0.6 is 0 Å². The average molecular weight is 311 g/mol. The van der Waals surface area contributed by atoms with Crippen molar-refractivity contribution in [1.29, 1.82) is 5.26 Å². The average Bonchev–Trinajstić information content (AvgIpc) is 3.01. The van der Waals surface area contributed by atoms with Crippen molar-refractivity contribution < 1.29 is 13.6 Å². The van der Waals surface area contributed by atoms with Gasteiger partial charge in [0, 0.05) is 31.6 Å². The van der Waals surface area contributed by atoms with Crippen LogP contribution in [-0.2, 0) is 4.79 Å². The smallest absolute Gasteiger partial charge is 0.264 e. The van der Waals surface area contributed by atoms with Crippen LogP contribution in [0.15, 0.2) is 11.6 Å². The second-order valence-corrected chi connectivity index (χ2v) is 7.00. The molecule has 6 heteroatoms. The third kappa shape index (κ3) is 3.64. The third-order valence-corrected chi connectivity index (χ3v) is 4.54. The highest BCUT2D eigenvalue weighted by atomic mass is 19.3. The van der Waals surface area contributed by atoms with Crippen LogP contribution < -0.4 is 0 Å². The van der Waals surface area contributed by atoms with Crippen molar-refractivity contribution in [3.05, 3.63) is 11.6 Å². The first-order chi connectivity index (χ1) is 10.1. The molecule has 0 saturated carbocycles. The summed E-state index contributed by atoms with van der Waals surface area (Å²) >= 11 is 0. The second kappa shape index (κ2) is 5.96. The normalized spacial score (nSPS) is 26.3. The van der Waals surface area contributed by atoms with Crippen LogP contribution in [0.2, 0.25) is 0 Å². The fourth-order valence-corrected chi connectivity index (χ4v) is 3.10. The molecule has 2 saturated heterocycles. The maximum Gasteiger partial charge on any atom is 0.264 e. The van der Waals surface area contributed by atoms with E-state index in [2.05, 4.69) is 6.92 Å². The summed E-state index contributed by atoms with van der Waals surface area (Å²) in [6.45, 7) is 6.85. The van der Waals surface area contributed by atoms with Crippen LogP contribution in [0, 0.1) is 17.2 Å². The van der Waals surface area contributed by atoms with Gasteiger partial charge in [0.15, 0.2) is 0 Å². The lowest BCUT2D eigenvalue weighted by molar-refractivity contribution is -0.125. The second-order valence-electron chi connectivity index (χ2n) is 7.00. The van der Waals surface area contributed by atoms with Gasteiger partial charge in [-0.25, -0.2) is 8.78 Å². The summed E-state index contributed by atoms with van der Waals surface area (Å²) < 4.78 is 26.8. The number of carbonyl (C=O) groups excluding carboxylic acids is 1. The molecule has 0 radical (unpaired) electrons. The predicted octanol–water partition coefficient (Wildman–Crippen LogP) is 2.42. The molecule has 122 valence electrons. The maximum atomic E-state index is 13.4. The van der Waals surface area contributed by atoms with Crippen molar-refractivity contribution in [2.24, 2.45) is 5.92 Å². The standard InChI is InChI=1S/C16H23F2N3O/c1-12-4-6-20(10-12)14(22)13(9-19)8-15(2,3)21-7-5-16(17,18)11-21/h8,12H,4-7,10-11H2,1-3H3/t12-/m0/s1. The van der Waals surface area contributed by atoms with Gasteiger partial charge in [-0.05, 0) is 32.3 Å². The molecule has 2 rings (SSSR count). The van der Waals surface area contributed by atoms with Crippen molar-refractivity contribution in [3.63, 3.8) is 0 Å². The Morgan fingerprint density at radius 1 is 1.41 bits per heavy atom. The highest BCUT2D eigenvalue weighted by molar-refractivity contribution is 5.97. The third-order valence-electron chi connectivity index (χ3n) is 4.54. The zero-order valence-electron chi connectivity index (χ0n) is 13.4. The van der Waals surface area contributed by atoms with Gasteiger partial charge in [-0.1, -0.05) is 6.92 Å². The molecule has 0 bridgehead atoms. The van der Waals surface area contributed by atoms with E-state index in [1.807, 2.05) is 6.07 Å². The number of rotatable bonds is 3. The number of alkyl halides is 2. The monoisotopic (exact) mass is 311 g/mol. The van der Waals surface area contributed by atoms with Crippen molar-refractivity contribution in [2.45, 2.75) is 45.1 Å². The van der Waals surface area contributed by atoms with Crippen molar-refractivity contribution in [1.82, 2.24) is 9.80 Å². The van der Waals surface area contributed by atoms with Gasteiger partial charge in [-0.3, -0.25) is 9.69 Å². The Kier molecular flexibility index (Phi) is 4.57. The van der Waals surface area contributed by atoms with Gasteiger partial charge < -0.3 is 4.90 Å². The van der Waals surface area contributed by atoms with Crippen molar-refractivity contribution >= 4 is 5.91 Å². The number of likely N-dealkylation sites (tertiary alicyclic amines) is 2. The number of nitrogens with zero attached hydrogens (tertiary/aromatic N) is 3. The van der Waals surface area contributed by atoms with Crippen molar-refractivity contribution in [2.75, 3.05) is 26.2 Å². The fraction of sp³-hybridized carbons (Fsp3) is 0.750. The molecule has 0 aromatic rings. The molecule has 0 N–H and O–H groups in total. The number of hydrogen-bond acceptors (Lipinski definition) is 3. The summed E-state index contributed by atoms with van der Waals surface area (Å²) in [6.07, 6.45) is 2.30. The number of amides is 1. The van der Waals surface area contributed by atoms with Crippen LogP contribution in [0.4, 0.5) is 8.78 Å². The van der Waals surface area contributed by atoms with Gasteiger partial charge in [0.1, 0.15) is 11.6 Å². The van der Waals surface area contributed by atoms with Gasteiger partial charge in [0.2, 0.25) is 0 Å². The largest absolute Gasteiger partial charge is 0.338 e. The number of nitriles is 1. The first kappa shape index (κ1) is 16.9.